The van der Waals surface area contributed by atoms with E-state index in [-0.39, 0.29) is 74.2 Å². The molecular formula is C54H120N6O12. The molecule has 3 saturated heterocycles. The minimum atomic E-state index is -0.185. The quantitative estimate of drug-likeness (QED) is 0.0485. The number of methoxy groups -OCH3 is 2. The third kappa shape index (κ3) is 46.6. The molecule has 0 aromatic rings. The van der Waals surface area contributed by atoms with E-state index in [1.54, 1.807) is 14.2 Å². The van der Waals surface area contributed by atoms with Crippen molar-refractivity contribution in [2.45, 2.75) is 233 Å². The molecule has 3 heterocycles. The van der Waals surface area contributed by atoms with Crippen LogP contribution in [0, 0.1) is 5.92 Å². The SMILES string of the molecule is CC(C)OCCCN(C)C.CNC1CC[C@@H](OC(C)C)OC1.CNC1CO[C@H](OC(C)C)C[C@@H]1OC.CNCC(CO)CCOC(C)C.CNCCCCOC(C)C.CO[C@H]1C[C@@H](OC(C)C)O[C@@H](C)C1N. The van der Waals surface area contributed by atoms with Crippen LogP contribution in [0.3, 0.4) is 0 Å². The maximum atomic E-state index is 8.93. The maximum absolute atomic E-state index is 8.93. The van der Waals surface area contributed by atoms with Crippen molar-refractivity contribution < 1.29 is 57.2 Å². The van der Waals surface area contributed by atoms with E-state index in [2.05, 4.69) is 68.0 Å². The van der Waals surface area contributed by atoms with Gasteiger partial charge in [-0.3, -0.25) is 0 Å². The molecule has 18 heteroatoms. The first kappa shape index (κ1) is 75.5. The highest BCUT2D eigenvalue weighted by Gasteiger charge is 2.35. The summed E-state index contributed by atoms with van der Waals surface area (Å²) in [5, 5.41) is 21.4. The summed E-state index contributed by atoms with van der Waals surface area (Å²) in [5.74, 6) is 0.328. The smallest absolute Gasteiger partial charge is 0.160 e. The summed E-state index contributed by atoms with van der Waals surface area (Å²) in [6, 6.07) is 0.719. The molecule has 7 N–H and O–H groups in total. The summed E-state index contributed by atoms with van der Waals surface area (Å²) in [5.41, 5.74) is 5.92. The van der Waals surface area contributed by atoms with Gasteiger partial charge in [0, 0.05) is 59.5 Å². The molecule has 10 atom stereocenters. The van der Waals surface area contributed by atoms with Crippen LogP contribution in [0.1, 0.15) is 141 Å². The highest BCUT2D eigenvalue weighted by molar-refractivity contribution is 4.85. The Hall–Kier alpha value is -0.720. The number of nitrogens with two attached hydrogens (primary N) is 1. The first-order valence-corrected chi connectivity index (χ1v) is 27.4. The summed E-state index contributed by atoms with van der Waals surface area (Å²) in [4.78, 5) is 2.17. The van der Waals surface area contributed by atoms with Gasteiger partial charge in [-0.2, -0.15) is 0 Å². The summed E-state index contributed by atoms with van der Waals surface area (Å²) in [6.07, 6.45) is 9.67. The van der Waals surface area contributed by atoms with Crippen LogP contribution in [0.4, 0.5) is 0 Å². The predicted molar refractivity (Wildman–Crippen MR) is 295 cm³/mol. The van der Waals surface area contributed by atoms with Crippen molar-refractivity contribution in [2.75, 3.05) is 116 Å². The molecule has 0 aromatic heterocycles. The molecule has 438 valence electrons. The number of nitrogens with zero attached hydrogens (tertiary/aromatic N) is 1. The molecule has 3 aliphatic rings. The summed E-state index contributed by atoms with van der Waals surface area (Å²) in [7, 11) is 15.3. The first-order valence-electron chi connectivity index (χ1n) is 27.4. The second-order valence-electron chi connectivity index (χ2n) is 20.5. The van der Waals surface area contributed by atoms with Crippen molar-refractivity contribution in [3.63, 3.8) is 0 Å². The largest absolute Gasteiger partial charge is 0.396 e. The van der Waals surface area contributed by atoms with E-state index in [1.807, 2.05) is 90.5 Å². The van der Waals surface area contributed by atoms with Gasteiger partial charge in [-0.05, 0) is 196 Å². The Morgan fingerprint density at radius 3 is 1.57 bits per heavy atom. The number of rotatable bonds is 28. The number of hydrogen-bond acceptors (Lipinski definition) is 18. The van der Waals surface area contributed by atoms with E-state index in [1.165, 1.54) is 12.8 Å². The van der Waals surface area contributed by atoms with Gasteiger partial charge in [0.05, 0.1) is 80.2 Å². The Kier molecular flexibility index (Phi) is 52.3. The van der Waals surface area contributed by atoms with Gasteiger partial charge in [-0.25, -0.2) is 0 Å². The van der Waals surface area contributed by atoms with Crippen molar-refractivity contribution in [1.29, 1.82) is 0 Å². The highest BCUT2D eigenvalue weighted by atomic mass is 16.7. The minimum Gasteiger partial charge on any atom is -0.396 e. The molecule has 0 radical (unpaired) electrons. The van der Waals surface area contributed by atoms with Gasteiger partial charge in [0.1, 0.15) is 0 Å². The molecule has 0 aliphatic carbocycles. The standard InChI is InChI=1S/2C10H21NO3.C9H19NO2.C9H21NO2.2C8H19NO/c1-7(2)14-10-5-9(12-4)8(11-3)6-13-10;1-6(2)13-9-5-8(12-4)10(11)7(3)14-9;1-7(2)12-9-5-4-8(10-3)6-11-9;1-8(2)12-5-4-9(7-11)6-10-3;1-8(2)10-7-5-6-9(3)4;1-8(2)10-7-5-4-6-9-3/h7-11H,5-6H2,1-4H3;6-10H,5,11H2,1-4H3;7-10H,4-6H2,1-3H3;8-11H,4-7H2,1-3H3;8H,5-7H2,1-4H3;8-9H,4-7H2,1-3H3/t8?,9-,10+;7-,8-,9-,10?;8?,9-;;;/m001.../s1. The topological polar surface area (TPSA) is 199 Å². The fraction of sp³-hybridized carbons (Fsp3) is 1.00. The number of hydrogen-bond donors (Lipinski definition) is 6. The maximum Gasteiger partial charge on any atom is 0.160 e. The fourth-order valence-electron chi connectivity index (χ4n) is 7.15. The van der Waals surface area contributed by atoms with Crippen LogP contribution < -0.4 is 27.0 Å². The van der Waals surface area contributed by atoms with Gasteiger partial charge in [0.2, 0.25) is 0 Å². The lowest BCUT2D eigenvalue weighted by Gasteiger charge is -2.38. The minimum absolute atomic E-state index is 0.0163. The van der Waals surface area contributed by atoms with E-state index in [0.717, 1.165) is 78.2 Å². The van der Waals surface area contributed by atoms with Crippen LogP contribution in [-0.2, 0) is 52.1 Å². The molecule has 3 fully saturated rings. The number of unbranched alkanes of at least 4 members (excludes halogenated alkanes) is 1. The van der Waals surface area contributed by atoms with Crippen molar-refractivity contribution in [3.05, 3.63) is 0 Å². The molecule has 72 heavy (non-hydrogen) atoms. The van der Waals surface area contributed by atoms with Gasteiger partial charge in [0.25, 0.3) is 0 Å². The van der Waals surface area contributed by atoms with Crippen LogP contribution >= 0.6 is 0 Å². The molecule has 4 unspecified atom stereocenters. The van der Waals surface area contributed by atoms with Crippen LogP contribution in [0.2, 0.25) is 0 Å². The van der Waals surface area contributed by atoms with Crippen molar-refractivity contribution in [3.8, 4) is 0 Å². The zero-order chi connectivity index (χ0) is 55.4. The molecule has 0 bridgehead atoms. The van der Waals surface area contributed by atoms with Crippen molar-refractivity contribution in [2.24, 2.45) is 11.7 Å². The molecule has 0 saturated carbocycles. The van der Waals surface area contributed by atoms with Gasteiger partial charge in [-0.1, -0.05) is 0 Å². The van der Waals surface area contributed by atoms with E-state index in [0.29, 0.717) is 43.3 Å². The van der Waals surface area contributed by atoms with Crippen LogP contribution in [0.5, 0.6) is 0 Å². The van der Waals surface area contributed by atoms with Gasteiger partial charge in [-0.15, -0.1) is 0 Å². The summed E-state index contributed by atoms with van der Waals surface area (Å²) < 4.78 is 60.2. The Labute approximate surface area is 442 Å². The molecular weight excluding hydrogens is 925 g/mol. The lowest BCUT2D eigenvalue weighted by molar-refractivity contribution is -0.232. The van der Waals surface area contributed by atoms with Gasteiger partial charge >= 0.3 is 0 Å². The predicted octanol–water partition coefficient (Wildman–Crippen LogP) is 6.19. The van der Waals surface area contributed by atoms with E-state index in [9.17, 15) is 0 Å². The second kappa shape index (κ2) is 49.8. The molecule has 0 spiro atoms. The van der Waals surface area contributed by atoms with E-state index in [4.69, 9.17) is 62.9 Å². The second-order valence-corrected chi connectivity index (χ2v) is 20.5. The lowest BCUT2D eigenvalue weighted by atomic mass is 10.0. The van der Waals surface area contributed by atoms with Crippen LogP contribution in [0.25, 0.3) is 0 Å². The average molecular weight is 1050 g/mol. The Morgan fingerprint density at radius 2 is 1.12 bits per heavy atom. The van der Waals surface area contributed by atoms with E-state index >= 15 is 0 Å². The number of aliphatic hydroxyl groups is 1. The number of ether oxygens (including phenoxy) is 11. The Balaban J connectivity index is -0.000000798. The third-order valence-electron chi connectivity index (χ3n) is 11.2. The van der Waals surface area contributed by atoms with Gasteiger partial charge < -0.3 is 89.1 Å². The lowest BCUT2D eigenvalue weighted by Crippen LogP contribution is -2.53. The Morgan fingerprint density at radius 1 is 0.611 bits per heavy atom. The highest BCUT2D eigenvalue weighted by Crippen LogP contribution is 2.23. The fourth-order valence-corrected chi connectivity index (χ4v) is 7.15. The zero-order valence-electron chi connectivity index (χ0n) is 50.2. The molecule has 3 rings (SSSR count). The monoisotopic (exact) mass is 1040 g/mol. The molecule has 0 aromatic carbocycles. The number of nitrogens with one attached hydrogen (secondary N) is 4. The molecule has 18 nitrogen and oxygen atoms in total. The summed E-state index contributed by atoms with van der Waals surface area (Å²) in [6.45, 7) is 33.6. The number of aliphatic hydroxyl groups excluding tert-OH is 1. The van der Waals surface area contributed by atoms with Crippen LogP contribution in [-0.4, -0.2) is 218 Å². The van der Waals surface area contributed by atoms with Crippen molar-refractivity contribution >= 4 is 0 Å². The van der Waals surface area contributed by atoms with Crippen LogP contribution in [0.15, 0.2) is 0 Å². The summed E-state index contributed by atoms with van der Waals surface area (Å²) >= 11 is 0. The zero-order valence-corrected chi connectivity index (χ0v) is 50.2. The number of likely N-dealkylation sites (N-methyl/N-ethyl adjacent to an activating group) is 2. The van der Waals surface area contributed by atoms with E-state index < -0.39 is 0 Å². The van der Waals surface area contributed by atoms with Gasteiger partial charge in [0.15, 0.2) is 18.9 Å². The Bertz CT molecular complexity index is 1090. The third-order valence-corrected chi connectivity index (χ3v) is 11.2. The molecule has 0 amide bonds. The normalized spacial score (nSPS) is 24.7. The molecule has 3 aliphatic heterocycles. The average Bonchev–Trinajstić information content (AvgIpc) is 3.31. The van der Waals surface area contributed by atoms with Crippen molar-refractivity contribution in [1.82, 2.24) is 26.2 Å². The first-order chi connectivity index (χ1) is 34.0.